The molecule has 2 saturated heterocycles. The second-order valence-corrected chi connectivity index (χ2v) is 11.1. The van der Waals surface area contributed by atoms with Crippen LogP contribution < -0.4 is 10.2 Å². The van der Waals surface area contributed by atoms with E-state index in [1.54, 1.807) is 53.4 Å². The van der Waals surface area contributed by atoms with Gasteiger partial charge in [0.15, 0.2) is 0 Å². The largest absolute Gasteiger partial charge is 0.355 e. The minimum absolute atomic E-state index is 0.0756. The van der Waals surface area contributed by atoms with E-state index in [2.05, 4.69) is 10.2 Å². The van der Waals surface area contributed by atoms with Crippen molar-refractivity contribution in [2.75, 3.05) is 50.7 Å². The maximum absolute atomic E-state index is 12.8. The van der Waals surface area contributed by atoms with Crippen molar-refractivity contribution in [1.82, 2.24) is 14.5 Å². The molecule has 2 aromatic rings. The lowest BCUT2D eigenvalue weighted by Gasteiger charge is -2.34. The third kappa shape index (κ3) is 5.60. The molecule has 0 saturated carbocycles. The number of hydrogen-bond acceptors (Lipinski definition) is 5. The molecule has 10 heteroatoms. The maximum Gasteiger partial charge on any atom is 0.243 e. The van der Waals surface area contributed by atoms with E-state index in [1.807, 2.05) is 6.92 Å². The summed E-state index contributed by atoms with van der Waals surface area (Å²) in [5, 5.41) is 3.53. The van der Waals surface area contributed by atoms with Crippen LogP contribution in [-0.2, 0) is 19.6 Å². The molecule has 0 aromatic heterocycles. The SMILES string of the molecule is Cc1ccc(S(=O)(=O)N2CCN(CCNC(=O)C3CC(=O)N(c4ccc(Cl)cc4)C3)CC2)cc1. The van der Waals surface area contributed by atoms with Crippen LogP contribution in [0.1, 0.15) is 12.0 Å². The highest BCUT2D eigenvalue weighted by atomic mass is 35.5. The Bertz CT molecular complexity index is 1130. The number of amides is 2. The fourth-order valence-corrected chi connectivity index (χ4v) is 5.84. The van der Waals surface area contributed by atoms with Gasteiger partial charge in [0.2, 0.25) is 21.8 Å². The first-order chi connectivity index (χ1) is 16.2. The number of hydrogen-bond donors (Lipinski definition) is 1. The van der Waals surface area contributed by atoms with Crippen molar-refractivity contribution in [3.05, 3.63) is 59.1 Å². The predicted octanol–water partition coefficient (Wildman–Crippen LogP) is 2.12. The molecule has 4 rings (SSSR count). The van der Waals surface area contributed by atoms with Crippen LogP contribution in [0.15, 0.2) is 53.4 Å². The number of nitrogens with zero attached hydrogens (tertiary/aromatic N) is 3. The van der Waals surface area contributed by atoms with Gasteiger partial charge >= 0.3 is 0 Å². The molecule has 2 aliphatic heterocycles. The van der Waals surface area contributed by atoms with Crippen molar-refractivity contribution in [2.24, 2.45) is 5.92 Å². The third-order valence-corrected chi connectivity index (χ3v) is 8.52. The molecular weight excluding hydrogens is 476 g/mol. The van der Waals surface area contributed by atoms with Crippen molar-refractivity contribution >= 4 is 39.1 Å². The van der Waals surface area contributed by atoms with Gasteiger partial charge in [0.05, 0.1) is 10.8 Å². The summed E-state index contributed by atoms with van der Waals surface area (Å²) >= 11 is 5.91. The minimum atomic E-state index is -3.49. The second-order valence-electron chi connectivity index (χ2n) is 8.73. The van der Waals surface area contributed by atoms with Gasteiger partial charge in [-0.3, -0.25) is 14.5 Å². The molecule has 2 amide bonds. The predicted molar refractivity (Wildman–Crippen MR) is 131 cm³/mol. The van der Waals surface area contributed by atoms with Crippen LogP contribution in [0.25, 0.3) is 0 Å². The minimum Gasteiger partial charge on any atom is -0.355 e. The Hall–Kier alpha value is -2.46. The summed E-state index contributed by atoms with van der Waals surface area (Å²) in [4.78, 5) is 29.1. The van der Waals surface area contributed by atoms with Gasteiger partial charge in [-0.15, -0.1) is 0 Å². The van der Waals surface area contributed by atoms with Crippen LogP contribution in [0.5, 0.6) is 0 Å². The third-order valence-electron chi connectivity index (χ3n) is 6.35. The van der Waals surface area contributed by atoms with Crippen molar-refractivity contribution < 1.29 is 18.0 Å². The molecular formula is C24H29ClN4O4S. The normalized spacial score (nSPS) is 20.0. The Morgan fingerprint density at radius 1 is 1.03 bits per heavy atom. The quantitative estimate of drug-likeness (QED) is 0.624. The number of halogens is 1. The molecule has 1 atom stereocenters. The smallest absolute Gasteiger partial charge is 0.243 e. The summed E-state index contributed by atoms with van der Waals surface area (Å²) in [6, 6.07) is 13.9. The molecule has 34 heavy (non-hydrogen) atoms. The number of nitrogens with one attached hydrogen (secondary N) is 1. The van der Waals surface area contributed by atoms with E-state index in [9.17, 15) is 18.0 Å². The monoisotopic (exact) mass is 504 g/mol. The van der Waals surface area contributed by atoms with E-state index in [1.165, 1.54) is 4.31 Å². The fourth-order valence-electron chi connectivity index (χ4n) is 4.29. The van der Waals surface area contributed by atoms with E-state index in [-0.39, 0.29) is 24.2 Å². The number of anilines is 1. The molecule has 2 aromatic carbocycles. The highest BCUT2D eigenvalue weighted by Crippen LogP contribution is 2.26. The van der Waals surface area contributed by atoms with Gasteiger partial charge in [-0.05, 0) is 43.3 Å². The van der Waals surface area contributed by atoms with Gasteiger partial charge < -0.3 is 10.2 Å². The van der Waals surface area contributed by atoms with E-state index in [4.69, 9.17) is 11.6 Å². The summed E-state index contributed by atoms with van der Waals surface area (Å²) in [6.45, 7) is 5.39. The van der Waals surface area contributed by atoms with E-state index in [0.29, 0.717) is 55.7 Å². The average molecular weight is 505 g/mol. The lowest BCUT2D eigenvalue weighted by Crippen LogP contribution is -2.50. The van der Waals surface area contributed by atoms with Gasteiger partial charge in [-0.1, -0.05) is 29.3 Å². The number of benzene rings is 2. The molecule has 2 aliphatic rings. The first-order valence-corrected chi connectivity index (χ1v) is 13.2. The van der Waals surface area contributed by atoms with Crippen LogP contribution in [0, 0.1) is 12.8 Å². The summed E-state index contributed by atoms with van der Waals surface area (Å²) in [5.41, 5.74) is 1.76. The highest BCUT2D eigenvalue weighted by Gasteiger charge is 2.35. The standard InChI is InChI=1S/C24H29ClN4O4S/c1-18-2-8-22(9-3-18)34(32,33)28-14-12-27(13-15-28)11-10-26-24(31)19-16-23(30)29(17-19)21-6-4-20(25)5-7-21/h2-9,19H,10-17H2,1H3,(H,26,31). The number of sulfonamides is 1. The zero-order chi connectivity index (χ0) is 24.3. The van der Waals surface area contributed by atoms with Gasteiger partial charge in [-0.25, -0.2) is 8.42 Å². The Morgan fingerprint density at radius 2 is 1.68 bits per heavy atom. The van der Waals surface area contributed by atoms with Gasteiger partial charge in [0.25, 0.3) is 0 Å². The summed E-state index contributed by atoms with van der Waals surface area (Å²) in [5.74, 6) is -0.599. The molecule has 0 spiro atoms. The first kappa shape index (κ1) is 24.7. The van der Waals surface area contributed by atoms with Crippen molar-refractivity contribution in [3.8, 4) is 0 Å². The zero-order valence-electron chi connectivity index (χ0n) is 19.1. The Balaban J connectivity index is 1.21. The second kappa shape index (κ2) is 10.4. The van der Waals surface area contributed by atoms with Gasteiger partial charge in [0.1, 0.15) is 0 Å². The molecule has 2 fully saturated rings. The van der Waals surface area contributed by atoms with Crippen LogP contribution >= 0.6 is 11.6 Å². The number of carbonyl (C=O) groups excluding carboxylic acids is 2. The molecule has 1 unspecified atom stereocenters. The van der Waals surface area contributed by atoms with Crippen molar-refractivity contribution in [2.45, 2.75) is 18.2 Å². The van der Waals surface area contributed by atoms with Crippen LogP contribution in [0.3, 0.4) is 0 Å². The van der Waals surface area contributed by atoms with Gasteiger partial charge in [-0.2, -0.15) is 4.31 Å². The number of piperazine rings is 1. The molecule has 0 radical (unpaired) electrons. The van der Waals surface area contributed by atoms with Crippen LogP contribution in [-0.4, -0.2) is 75.3 Å². The molecule has 182 valence electrons. The lowest BCUT2D eigenvalue weighted by molar-refractivity contribution is -0.126. The molecule has 2 heterocycles. The number of aryl methyl sites for hydroxylation is 1. The Kier molecular flexibility index (Phi) is 7.57. The summed E-state index contributed by atoms with van der Waals surface area (Å²) in [7, 11) is -3.49. The van der Waals surface area contributed by atoms with Crippen molar-refractivity contribution in [3.63, 3.8) is 0 Å². The average Bonchev–Trinajstić information content (AvgIpc) is 3.22. The highest BCUT2D eigenvalue weighted by molar-refractivity contribution is 7.89. The maximum atomic E-state index is 12.8. The molecule has 8 nitrogen and oxygen atoms in total. The number of rotatable bonds is 7. The molecule has 0 bridgehead atoms. The first-order valence-electron chi connectivity index (χ1n) is 11.4. The van der Waals surface area contributed by atoms with Crippen molar-refractivity contribution in [1.29, 1.82) is 0 Å². The van der Waals surface area contributed by atoms with E-state index < -0.39 is 10.0 Å². The van der Waals surface area contributed by atoms with E-state index >= 15 is 0 Å². The zero-order valence-corrected chi connectivity index (χ0v) is 20.7. The summed E-state index contributed by atoms with van der Waals surface area (Å²) < 4.78 is 27.2. The van der Waals surface area contributed by atoms with E-state index in [0.717, 1.165) is 11.3 Å². The van der Waals surface area contributed by atoms with Crippen LogP contribution in [0.2, 0.25) is 5.02 Å². The Labute approximate surface area is 205 Å². The number of carbonyl (C=O) groups is 2. The topological polar surface area (TPSA) is 90.0 Å². The lowest BCUT2D eigenvalue weighted by atomic mass is 10.1. The fraction of sp³-hybridized carbons (Fsp3) is 0.417. The molecule has 1 N–H and O–H groups in total. The van der Waals surface area contributed by atoms with Gasteiger partial charge in [0, 0.05) is 62.9 Å². The van der Waals surface area contributed by atoms with Crippen LogP contribution in [0.4, 0.5) is 5.69 Å². The molecule has 0 aliphatic carbocycles. The Morgan fingerprint density at radius 3 is 2.32 bits per heavy atom. The summed E-state index contributed by atoms with van der Waals surface area (Å²) in [6.07, 6.45) is 0.185.